The molecule has 2 aliphatic heterocycles. The topological polar surface area (TPSA) is 51.1 Å². The smallest absolute Gasteiger partial charge is 0.158 e. The van der Waals surface area contributed by atoms with Crippen LogP contribution in [0.25, 0.3) is 11.0 Å². The van der Waals surface area contributed by atoms with Gasteiger partial charge in [0.1, 0.15) is 11.0 Å². The number of hydrogen-bond donors (Lipinski definition) is 0. The second kappa shape index (κ2) is 4.89. The number of rotatable bonds is 1. The Morgan fingerprint density at radius 3 is 2.75 bits per heavy atom. The van der Waals surface area contributed by atoms with Gasteiger partial charge in [-0.05, 0) is 40.6 Å². The van der Waals surface area contributed by atoms with Crippen molar-refractivity contribution in [3.8, 4) is 0 Å². The highest BCUT2D eigenvalue weighted by molar-refractivity contribution is 9.10. The van der Waals surface area contributed by atoms with E-state index in [1.54, 1.807) is 0 Å². The van der Waals surface area contributed by atoms with E-state index in [4.69, 9.17) is 4.74 Å². The molecular weight excluding hydrogens is 340 g/mol. The summed E-state index contributed by atoms with van der Waals surface area (Å²) in [5.41, 5.74) is 2.26. The van der Waals surface area contributed by atoms with Gasteiger partial charge in [0.15, 0.2) is 5.82 Å². The third-order valence-electron chi connectivity index (χ3n) is 4.54. The molecule has 106 valence electrons. The van der Waals surface area contributed by atoms with Gasteiger partial charge in [-0.15, -0.1) is 0 Å². The molecule has 4 rings (SSSR count). The average molecular weight is 355 g/mol. The molecule has 0 amide bonds. The molecular formula is C13H15BrN4OS. The predicted octanol–water partition coefficient (Wildman–Crippen LogP) is 2.86. The van der Waals surface area contributed by atoms with Gasteiger partial charge in [-0.25, -0.2) is 4.98 Å². The van der Waals surface area contributed by atoms with Crippen LogP contribution in [0.1, 0.15) is 19.3 Å². The zero-order valence-corrected chi connectivity index (χ0v) is 13.4. The average Bonchev–Trinajstić information content (AvgIpc) is 3.11. The van der Waals surface area contributed by atoms with Gasteiger partial charge in [0.2, 0.25) is 0 Å². The molecule has 0 unspecified atom stereocenters. The fourth-order valence-corrected chi connectivity index (χ4v) is 4.25. The zero-order chi connectivity index (χ0) is 13.6. The summed E-state index contributed by atoms with van der Waals surface area (Å²) in [5.74, 6) is 0.978. The van der Waals surface area contributed by atoms with Gasteiger partial charge in [-0.3, -0.25) is 0 Å². The second-order valence-corrected chi connectivity index (χ2v) is 7.06. The molecule has 0 atom stereocenters. The van der Waals surface area contributed by atoms with Crippen molar-refractivity contribution in [1.29, 1.82) is 0 Å². The van der Waals surface area contributed by atoms with Gasteiger partial charge in [0, 0.05) is 25.9 Å². The minimum absolute atomic E-state index is 0.422. The van der Waals surface area contributed by atoms with Crippen LogP contribution in [0.5, 0.6) is 0 Å². The third kappa shape index (κ3) is 2.03. The van der Waals surface area contributed by atoms with Crippen LogP contribution in [0.3, 0.4) is 0 Å². The largest absolute Gasteiger partial charge is 0.381 e. The maximum Gasteiger partial charge on any atom is 0.158 e. The molecule has 0 radical (unpaired) electrons. The van der Waals surface area contributed by atoms with Crippen molar-refractivity contribution in [1.82, 2.24) is 13.7 Å². The lowest BCUT2D eigenvalue weighted by Crippen LogP contribution is -2.40. The summed E-state index contributed by atoms with van der Waals surface area (Å²) in [5, 5.41) is 0. The summed E-state index contributed by atoms with van der Waals surface area (Å²) in [6, 6.07) is 0. The number of anilines is 1. The highest BCUT2D eigenvalue weighted by atomic mass is 79.9. The normalized spacial score (nSPS) is 21.9. The molecule has 2 aromatic rings. The van der Waals surface area contributed by atoms with Crippen molar-refractivity contribution < 1.29 is 4.74 Å². The maximum absolute atomic E-state index is 5.59. The standard InChI is InChI=1S/C13H15BrN4OS/c14-9-7-15-12(11-10(9)16-20-17-11)18-4-1-13(2-5-18)3-6-19-8-13/h7H,1-6,8H2. The fraction of sp³-hybridized carbons (Fsp3) is 0.615. The lowest BCUT2D eigenvalue weighted by Gasteiger charge is -2.38. The number of pyridine rings is 1. The Bertz CT molecular complexity index is 630. The van der Waals surface area contributed by atoms with Crippen molar-refractivity contribution in [2.75, 3.05) is 31.2 Å². The summed E-state index contributed by atoms with van der Waals surface area (Å²) >= 11 is 4.74. The molecule has 4 heterocycles. The maximum atomic E-state index is 5.59. The van der Waals surface area contributed by atoms with Crippen molar-refractivity contribution in [2.45, 2.75) is 19.3 Å². The number of hydrogen-bond acceptors (Lipinski definition) is 6. The van der Waals surface area contributed by atoms with Crippen LogP contribution in [-0.4, -0.2) is 40.0 Å². The Balaban J connectivity index is 1.61. The number of fused-ring (bicyclic) bond motifs is 1. The molecule has 2 saturated heterocycles. The van der Waals surface area contributed by atoms with E-state index in [1.807, 2.05) is 6.20 Å². The fourth-order valence-electron chi connectivity index (χ4n) is 3.20. The quantitative estimate of drug-likeness (QED) is 0.787. The van der Waals surface area contributed by atoms with E-state index in [0.717, 1.165) is 47.6 Å². The molecule has 7 heteroatoms. The van der Waals surface area contributed by atoms with Crippen molar-refractivity contribution in [2.24, 2.45) is 5.41 Å². The summed E-state index contributed by atoms with van der Waals surface area (Å²) in [6.07, 6.45) is 5.41. The Morgan fingerprint density at radius 1 is 1.20 bits per heavy atom. The second-order valence-electron chi connectivity index (χ2n) is 5.68. The lowest BCUT2D eigenvalue weighted by atomic mass is 9.78. The third-order valence-corrected chi connectivity index (χ3v) is 5.64. The summed E-state index contributed by atoms with van der Waals surface area (Å²) in [4.78, 5) is 6.92. The first kappa shape index (κ1) is 12.9. The highest BCUT2D eigenvalue weighted by Gasteiger charge is 2.38. The number of piperidine rings is 1. The first-order chi connectivity index (χ1) is 9.77. The summed E-state index contributed by atoms with van der Waals surface area (Å²) < 4.78 is 15.3. The van der Waals surface area contributed by atoms with Gasteiger partial charge in [0.25, 0.3) is 0 Å². The van der Waals surface area contributed by atoms with Crippen molar-refractivity contribution in [3.05, 3.63) is 10.7 Å². The Labute approximate surface area is 129 Å². The van der Waals surface area contributed by atoms with Crippen LogP contribution < -0.4 is 4.90 Å². The van der Waals surface area contributed by atoms with Crippen LogP contribution >= 0.6 is 27.7 Å². The molecule has 0 bridgehead atoms. The molecule has 1 spiro atoms. The van der Waals surface area contributed by atoms with E-state index in [2.05, 4.69) is 34.6 Å². The van der Waals surface area contributed by atoms with Crippen molar-refractivity contribution in [3.63, 3.8) is 0 Å². The first-order valence-electron chi connectivity index (χ1n) is 6.87. The van der Waals surface area contributed by atoms with E-state index >= 15 is 0 Å². The molecule has 20 heavy (non-hydrogen) atoms. The van der Waals surface area contributed by atoms with E-state index in [1.165, 1.54) is 31.0 Å². The molecule has 0 aromatic carbocycles. The Kier molecular flexibility index (Phi) is 3.16. The Hall–Kier alpha value is -0.790. The molecule has 2 aromatic heterocycles. The molecule has 2 fully saturated rings. The van der Waals surface area contributed by atoms with E-state index in [0.29, 0.717) is 5.41 Å². The van der Waals surface area contributed by atoms with Crippen LogP contribution in [-0.2, 0) is 4.74 Å². The SMILES string of the molecule is Brc1cnc(N2CCC3(CCOC3)CC2)c2nsnc12. The van der Waals surface area contributed by atoms with Gasteiger partial charge >= 0.3 is 0 Å². The predicted molar refractivity (Wildman–Crippen MR) is 82.2 cm³/mol. The monoisotopic (exact) mass is 354 g/mol. The molecule has 0 saturated carbocycles. The van der Waals surface area contributed by atoms with Gasteiger partial charge < -0.3 is 9.64 Å². The summed E-state index contributed by atoms with van der Waals surface area (Å²) in [7, 11) is 0. The van der Waals surface area contributed by atoms with Crippen LogP contribution in [0, 0.1) is 5.41 Å². The Morgan fingerprint density at radius 2 is 2.00 bits per heavy atom. The number of aromatic nitrogens is 3. The van der Waals surface area contributed by atoms with E-state index in [-0.39, 0.29) is 0 Å². The lowest BCUT2D eigenvalue weighted by molar-refractivity contribution is 0.133. The van der Waals surface area contributed by atoms with Gasteiger partial charge in [0.05, 0.1) is 22.8 Å². The van der Waals surface area contributed by atoms with Crippen LogP contribution in [0.2, 0.25) is 0 Å². The highest BCUT2D eigenvalue weighted by Crippen LogP contribution is 2.40. The summed E-state index contributed by atoms with van der Waals surface area (Å²) in [6.45, 7) is 3.92. The van der Waals surface area contributed by atoms with Gasteiger partial charge in [-0.2, -0.15) is 8.75 Å². The minimum Gasteiger partial charge on any atom is -0.381 e. The van der Waals surface area contributed by atoms with Crippen LogP contribution in [0.15, 0.2) is 10.7 Å². The molecule has 0 N–H and O–H groups in total. The van der Waals surface area contributed by atoms with Crippen molar-refractivity contribution >= 4 is 44.5 Å². The van der Waals surface area contributed by atoms with Crippen LogP contribution in [0.4, 0.5) is 5.82 Å². The molecule has 5 nitrogen and oxygen atoms in total. The molecule has 0 aliphatic carbocycles. The van der Waals surface area contributed by atoms with Gasteiger partial charge in [-0.1, -0.05) is 0 Å². The molecule has 2 aliphatic rings. The number of nitrogens with zero attached hydrogens (tertiary/aromatic N) is 4. The minimum atomic E-state index is 0.422. The van der Waals surface area contributed by atoms with E-state index < -0.39 is 0 Å². The van der Waals surface area contributed by atoms with E-state index in [9.17, 15) is 0 Å². The number of halogens is 1. The number of ether oxygens (including phenoxy) is 1. The zero-order valence-electron chi connectivity index (χ0n) is 11.0. The first-order valence-corrected chi connectivity index (χ1v) is 8.39.